The summed E-state index contributed by atoms with van der Waals surface area (Å²) in [7, 11) is 1.81. The molecule has 0 fully saturated rings. The third kappa shape index (κ3) is 3.23. The van der Waals surface area contributed by atoms with Crippen molar-refractivity contribution in [2.75, 3.05) is 0 Å². The van der Waals surface area contributed by atoms with Gasteiger partial charge in [0.2, 0.25) is 0 Å². The van der Waals surface area contributed by atoms with Gasteiger partial charge in [-0.3, -0.25) is 14.8 Å². The number of hydrogen-bond acceptors (Lipinski definition) is 3. The molecule has 2 N–H and O–H groups in total. The van der Waals surface area contributed by atoms with Crippen LogP contribution in [0.4, 0.5) is 0 Å². The van der Waals surface area contributed by atoms with Crippen LogP contribution in [0.1, 0.15) is 32.2 Å². The molecular formula is C12H20ClN3O2. The normalized spacial score (nSPS) is 13.0. The third-order valence-corrected chi connectivity index (χ3v) is 3.36. The summed E-state index contributed by atoms with van der Waals surface area (Å²) in [5, 5.41) is 17.0. The number of nitrogens with zero attached hydrogens (tertiary/aromatic N) is 2. The number of carboxylic acids is 1. The highest BCUT2D eigenvalue weighted by molar-refractivity contribution is 6.31. The summed E-state index contributed by atoms with van der Waals surface area (Å²) >= 11 is 6.20. The third-order valence-electron chi connectivity index (χ3n) is 2.93. The van der Waals surface area contributed by atoms with Gasteiger partial charge in [-0.2, -0.15) is 5.10 Å². The lowest BCUT2D eigenvalue weighted by Gasteiger charge is -2.18. The molecular weight excluding hydrogens is 254 g/mol. The van der Waals surface area contributed by atoms with Gasteiger partial charge in [0.05, 0.1) is 16.4 Å². The smallest absolute Gasteiger partial charge is 0.320 e. The fourth-order valence-corrected chi connectivity index (χ4v) is 2.19. The summed E-state index contributed by atoms with van der Waals surface area (Å²) in [6.45, 7) is 6.12. The predicted octanol–water partition coefficient (Wildman–Crippen LogP) is 1.83. The molecule has 0 spiro atoms. The van der Waals surface area contributed by atoms with E-state index in [9.17, 15) is 4.79 Å². The Bertz CT molecular complexity index is 429. The zero-order valence-electron chi connectivity index (χ0n) is 11.2. The maximum Gasteiger partial charge on any atom is 0.320 e. The van der Waals surface area contributed by atoms with Gasteiger partial charge in [0.25, 0.3) is 0 Å². The Morgan fingerprint density at radius 3 is 2.56 bits per heavy atom. The second kappa shape index (κ2) is 6.20. The molecule has 1 atom stereocenters. The molecule has 0 aromatic carbocycles. The second-order valence-electron chi connectivity index (χ2n) is 4.63. The predicted molar refractivity (Wildman–Crippen MR) is 70.7 cm³/mol. The Balaban J connectivity index is 2.79. The average Bonchev–Trinajstić information content (AvgIpc) is 2.55. The standard InChI is InChI=1S/C12H20ClN3O2/c1-5-8-10(13)9(16(4)15-8)6-14-11(7(2)3)12(17)18/h7,11,14H,5-6H2,1-4H3,(H,17,18). The van der Waals surface area contributed by atoms with Crippen molar-refractivity contribution in [2.45, 2.75) is 39.8 Å². The van der Waals surface area contributed by atoms with E-state index in [0.717, 1.165) is 17.8 Å². The van der Waals surface area contributed by atoms with Gasteiger partial charge in [-0.1, -0.05) is 32.4 Å². The number of aliphatic carboxylic acids is 1. The first-order valence-electron chi connectivity index (χ1n) is 6.04. The van der Waals surface area contributed by atoms with Crippen LogP contribution in [0, 0.1) is 5.92 Å². The number of carbonyl (C=O) groups is 1. The molecule has 0 radical (unpaired) electrons. The summed E-state index contributed by atoms with van der Waals surface area (Å²) in [6.07, 6.45) is 0.763. The largest absolute Gasteiger partial charge is 0.480 e. The van der Waals surface area contributed by atoms with E-state index in [1.165, 1.54) is 0 Å². The first kappa shape index (κ1) is 15.0. The lowest BCUT2D eigenvalue weighted by Crippen LogP contribution is -2.40. The first-order valence-corrected chi connectivity index (χ1v) is 6.42. The summed E-state index contributed by atoms with van der Waals surface area (Å²) < 4.78 is 1.70. The molecule has 1 rings (SSSR count). The van der Waals surface area contributed by atoms with Gasteiger partial charge in [0.15, 0.2) is 0 Å². The highest BCUT2D eigenvalue weighted by Crippen LogP contribution is 2.20. The van der Waals surface area contributed by atoms with Crippen molar-refractivity contribution in [3.8, 4) is 0 Å². The molecule has 5 nitrogen and oxygen atoms in total. The minimum atomic E-state index is -0.848. The molecule has 102 valence electrons. The van der Waals surface area contributed by atoms with E-state index in [1.807, 2.05) is 27.8 Å². The Morgan fingerprint density at radius 2 is 2.17 bits per heavy atom. The van der Waals surface area contributed by atoms with Crippen LogP contribution in [0.3, 0.4) is 0 Å². The maximum absolute atomic E-state index is 11.1. The maximum atomic E-state index is 11.1. The average molecular weight is 274 g/mol. The van der Waals surface area contributed by atoms with Crippen LogP contribution in [0.5, 0.6) is 0 Å². The fraction of sp³-hybridized carbons (Fsp3) is 0.667. The topological polar surface area (TPSA) is 67.2 Å². The molecule has 18 heavy (non-hydrogen) atoms. The van der Waals surface area contributed by atoms with Gasteiger partial charge in [-0.05, 0) is 12.3 Å². The van der Waals surface area contributed by atoms with E-state index >= 15 is 0 Å². The molecule has 0 aliphatic heterocycles. The van der Waals surface area contributed by atoms with Crippen LogP contribution in [-0.2, 0) is 24.8 Å². The van der Waals surface area contributed by atoms with E-state index in [0.29, 0.717) is 11.6 Å². The lowest BCUT2D eigenvalue weighted by atomic mass is 10.0. The number of aromatic nitrogens is 2. The quantitative estimate of drug-likeness (QED) is 0.830. The van der Waals surface area contributed by atoms with Crippen molar-refractivity contribution in [1.82, 2.24) is 15.1 Å². The molecule has 6 heteroatoms. The van der Waals surface area contributed by atoms with Gasteiger partial charge >= 0.3 is 5.97 Å². The number of aryl methyl sites for hydroxylation is 2. The highest BCUT2D eigenvalue weighted by Gasteiger charge is 2.22. The summed E-state index contributed by atoms with van der Waals surface area (Å²) in [5.74, 6) is -0.834. The molecule has 0 amide bonds. The first-order chi connectivity index (χ1) is 8.38. The minimum Gasteiger partial charge on any atom is -0.480 e. The van der Waals surface area contributed by atoms with Crippen molar-refractivity contribution in [2.24, 2.45) is 13.0 Å². The number of rotatable bonds is 6. The van der Waals surface area contributed by atoms with Crippen LogP contribution >= 0.6 is 11.6 Å². The van der Waals surface area contributed by atoms with Crippen LogP contribution in [-0.4, -0.2) is 26.9 Å². The Kier molecular flexibility index (Phi) is 5.16. The van der Waals surface area contributed by atoms with Gasteiger partial charge in [-0.15, -0.1) is 0 Å². The van der Waals surface area contributed by atoms with Crippen molar-refractivity contribution in [3.63, 3.8) is 0 Å². The molecule has 0 saturated heterocycles. The SMILES string of the molecule is CCc1nn(C)c(CNC(C(=O)O)C(C)C)c1Cl. The number of carboxylic acid groups (broad SMARTS) is 1. The molecule has 0 aliphatic rings. The van der Waals surface area contributed by atoms with Gasteiger partial charge < -0.3 is 5.11 Å². The minimum absolute atomic E-state index is 0.0140. The summed E-state index contributed by atoms with van der Waals surface area (Å²) in [4.78, 5) is 11.1. The Hall–Kier alpha value is -1.07. The zero-order chi connectivity index (χ0) is 13.9. The Labute approximate surface area is 112 Å². The number of halogens is 1. The molecule has 1 aromatic heterocycles. The van der Waals surface area contributed by atoms with E-state index < -0.39 is 12.0 Å². The van der Waals surface area contributed by atoms with Crippen molar-refractivity contribution < 1.29 is 9.90 Å². The van der Waals surface area contributed by atoms with E-state index in [-0.39, 0.29) is 5.92 Å². The second-order valence-corrected chi connectivity index (χ2v) is 5.00. The molecule has 0 aliphatic carbocycles. The number of hydrogen-bond donors (Lipinski definition) is 2. The number of nitrogens with one attached hydrogen (secondary N) is 1. The van der Waals surface area contributed by atoms with Gasteiger partial charge in [0.1, 0.15) is 6.04 Å². The van der Waals surface area contributed by atoms with Crippen molar-refractivity contribution >= 4 is 17.6 Å². The molecule has 1 aromatic rings. The summed E-state index contributed by atoms with van der Waals surface area (Å²) in [6, 6.07) is -0.582. The van der Waals surface area contributed by atoms with Gasteiger partial charge in [-0.25, -0.2) is 0 Å². The van der Waals surface area contributed by atoms with Gasteiger partial charge in [0, 0.05) is 13.6 Å². The molecule has 1 heterocycles. The van der Waals surface area contributed by atoms with Crippen LogP contribution in [0.25, 0.3) is 0 Å². The summed E-state index contributed by atoms with van der Waals surface area (Å²) in [5.41, 5.74) is 1.66. The van der Waals surface area contributed by atoms with Crippen LogP contribution in [0.2, 0.25) is 5.02 Å². The Morgan fingerprint density at radius 1 is 1.56 bits per heavy atom. The van der Waals surface area contributed by atoms with E-state index in [4.69, 9.17) is 16.7 Å². The van der Waals surface area contributed by atoms with Crippen LogP contribution < -0.4 is 5.32 Å². The highest BCUT2D eigenvalue weighted by atomic mass is 35.5. The van der Waals surface area contributed by atoms with E-state index in [2.05, 4.69) is 10.4 Å². The zero-order valence-corrected chi connectivity index (χ0v) is 12.0. The van der Waals surface area contributed by atoms with E-state index in [1.54, 1.807) is 4.68 Å². The lowest BCUT2D eigenvalue weighted by molar-refractivity contribution is -0.140. The molecule has 0 saturated carbocycles. The van der Waals surface area contributed by atoms with Crippen molar-refractivity contribution in [3.05, 3.63) is 16.4 Å². The van der Waals surface area contributed by atoms with Crippen LogP contribution in [0.15, 0.2) is 0 Å². The monoisotopic (exact) mass is 273 g/mol. The molecule has 0 bridgehead atoms. The van der Waals surface area contributed by atoms with Crippen molar-refractivity contribution in [1.29, 1.82) is 0 Å². The molecule has 1 unspecified atom stereocenters. The fourth-order valence-electron chi connectivity index (χ4n) is 1.83.